The van der Waals surface area contributed by atoms with Crippen molar-refractivity contribution in [2.75, 3.05) is 32.1 Å². The second-order valence-electron chi connectivity index (χ2n) is 8.61. The van der Waals surface area contributed by atoms with Crippen LogP contribution < -0.4 is 4.90 Å². The lowest BCUT2D eigenvalue weighted by molar-refractivity contribution is 0.103. The van der Waals surface area contributed by atoms with Crippen molar-refractivity contribution < 1.29 is 4.79 Å². The number of hydrogen-bond donors (Lipinski definition) is 1. The minimum atomic E-state index is -0.157. The Balaban J connectivity index is 1.39. The fourth-order valence-electron chi connectivity index (χ4n) is 4.37. The number of carbonyl (C=O) groups is 1. The Morgan fingerprint density at radius 3 is 2.69 bits per heavy atom. The molecule has 3 aromatic heterocycles. The van der Waals surface area contributed by atoms with Crippen LogP contribution in [0.3, 0.4) is 0 Å². The van der Waals surface area contributed by atoms with E-state index >= 15 is 0 Å². The van der Waals surface area contributed by atoms with Crippen LogP contribution in [0.2, 0.25) is 0 Å². The highest BCUT2D eigenvalue weighted by atomic mass is 16.1. The molecule has 5 rings (SSSR count). The zero-order chi connectivity index (χ0) is 22.2. The summed E-state index contributed by atoms with van der Waals surface area (Å²) in [6.07, 6.45) is 7.39. The molecule has 0 unspecified atom stereocenters. The van der Waals surface area contributed by atoms with E-state index in [9.17, 15) is 4.79 Å². The summed E-state index contributed by atoms with van der Waals surface area (Å²) in [4.78, 5) is 34.2. The Morgan fingerprint density at radius 1 is 1.16 bits per heavy atom. The molecule has 0 radical (unpaired) electrons. The lowest BCUT2D eigenvalue weighted by Gasteiger charge is -2.36. The van der Waals surface area contributed by atoms with Gasteiger partial charge in [-0.25, -0.2) is 15.0 Å². The van der Waals surface area contributed by atoms with Gasteiger partial charge in [0.1, 0.15) is 12.1 Å². The maximum absolute atomic E-state index is 13.1. The third-order valence-electron chi connectivity index (χ3n) is 6.32. The topological polar surface area (TPSA) is 82.9 Å². The van der Waals surface area contributed by atoms with Gasteiger partial charge in [-0.2, -0.15) is 0 Å². The Bertz CT molecular complexity index is 1260. The number of aromatic amines is 1. The molecule has 1 fully saturated rings. The highest BCUT2D eigenvalue weighted by Gasteiger charge is 2.22. The van der Waals surface area contributed by atoms with Gasteiger partial charge in [0.15, 0.2) is 5.82 Å². The van der Waals surface area contributed by atoms with Crippen molar-refractivity contribution in [3.63, 3.8) is 0 Å². The SMILES string of the molecule is Cc1cncn1-c1cc(C(=O)c2nc3ccc(N4CCC(N(C)C)CC4)cc3[nH]2)ccn1. The molecule has 1 N–H and O–H groups in total. The van der Waals surface area contributed by atoms with E-state index in [2.05, 4.69) is 56.0 Å². The van der Waals surface area contributed by atoms with E-state index in [-0.39, 0.29) is 5.78 Å². The monoisotopic (exact) mass is 429 g/mol. The number of pyridine rings is 1. The van der Waals surface area contributed by atoms with Crippen LogP contribution in [0.5, 0.6) is 0 Å². The first-order chi connectivity index (χ1) is 15.5. The third-order valence-corrected chi connectivity index (χ3v) is 6.32. The molecule has 0 aliphatic carbocycles. The van der Waals surface area contributed by atoms with Crippen LogP contribution in [0, 0.1) is 6.92 Å². The zero-order valence-electron chi connectivity index (χ0n) is 18.6. The molecule has 8 nitrogen and oxygen atoms in total. The first-order valence-electron chi connectivity index (χ1n) is 10.9. The number of carbonyl (C=O) groups excluding carboxylic acids is 1. The molecule has 0 atom stereocenters. The fraction of sp³-hybridized carbons (Fsp3) is 0.333. The second-order valence-corrected chi connectivity index (χ2v) is 8.61. The molecule has 1 aliphatic rings. The maximum Gasteiger partial charge on any atom is 0.228 e. The molecule has 32 heavy (non-hydrogen) atoms. The van der Waals surface area contributed by atoms with Crippen LogP contribution in [0.15, 0.2) is 49.1 Å². The normalized spacial score (nSPS) is 15.1. The number of rotatable bonds is 5. The lowest BCUT2D eigenvalue weighted by atomic mass is 10.0. The standard InChI is InChI=1S/C24H27N7O/c1-16-14-25-15-31(16)22-12-17(6-9-26-22)23(32)24-27-20-5-4-19(13-21(20)28-24)30-10-7-18(8-11-30)29(2)3/h4-6,9,12-15,18H,7-8,10-11H2,1-3H3,(H,27,28). The van der Waals surface area contributed by atoms with E-state index in [1.807, 2.05) is 17.6 Å². The number of piperidine rings is 1. The molecular weight excluding hydrogens is 402 g/mol. The van der Waals surface area contributed by atoms with Gasteiger partial charge in [0.05, 0.1) is 11.0 Å². The van der Waals surface area contributed by atoms with E-state index < -0.39 is 0 Å². The summed E-state index contributed by atoms with van der Waals surface area (Å²) in [5, 5.41) is 0. The quantitative estimate of drug-likeness (QED) is 0.491. The number of imidazole rings is 2. The summed E-state index contributed by atoms with van der Waals surface area (Å²) in [5.74, 6) is 0.837. The maximum atomic E-state index is 13.1. The number of aromatic nitrogens is 5. The van der Waals surface area contributed by atoms with Gasteiger partial charge >= 0.3 is 0 Å². The number of nitrogens with one attached hydrogen (secondary N) is 1. The molecule has 1 aliphatic heterocycles. The molecular formula is C24H27N7O. The molecule has 0 saturated carbocycles. The van der Waals surface area contributed by atoms with Gasteiger partial charge in [-0.15, -0.1) is 0 Å². The third kappa shape index (κ3) is 3.78. The number of H-pyrrole nitrogens is 1. The number of hydrogen-bond acceptors (Lipinski definition) is 6. The number of benzene rings is 1. The molecule has 0 bridgehead atoms. The Kier molecular flexibility index (Phi) is 5.22. The van der Waals surface area contributed by atoms with Crippen molar-refractivity contribution in [1.29, 1.82) is 0 Å². The Hall–Kier alpha value is -3.52. The van der Waals surface area contributed by atoms with Crippen LogP contribution in [0.25, 0.3) is 16.9 Å². The van der Waals surface area contributed by atoms with Gasteiger partial charge in [0.2, 0.25) is 5.78 Å². The summed E-state index contributed by atoms with van der Waals surface area (Å²) in [6, 6.07) is 10.3. The molecule has 164 valence electrons. The molecule has 4 aromatic rings. The van der Waals surface area contributed by atoms with E-state index in [0.717, 1.165) is 42.7 Å². The van der Waals surface area contributed by atoms with E-state index in [1.54, 1.807) is 30.9 Å². The smallest absolute Gasteiger partial charge is 0.228 e. The Morgan fingerprint density at radius 2 is 1.97 bits per heavy atom. The average molecular weight is 430 g/mol. The van der Waals surface area contributed by atoms with Crippen LogP contribution in [-0.4, -0.2) is 68.4 Å². The van der Waals surface area contributed by atoms with E-state index in [4.69, 9.17) is 0 Å². The summed E-state index contributed by atoms with van der Waals surface area (Å²) in [5.41, 5.74) is 4.32. The van der Waals surface area contributed by atoms with Gasteiger partial charge in [0.25, 0.3) is 0 Å². The van der Waals surface area contributed by atoms with Gasteiger partial charge in [-0.1, -0.05) is 0 Å². The minimum absolute atomic E-state index is 0.157. The van der Waals surface area contributed by atoms with Crippen LogP contribution in [-0.2, 0) is 0 Å². The van der Waals surface area contributed by atoms with Crippen LogP contribution >= 0.6 is 0 Å². The number of nitrogens with zero attached hydrogens (tertiary/aromatic N) is 6. The van der Waals surface area contributed by atoms with E-state index in [1.165, 1.54) is 5.69 Å². The number of fused-ring (bicyclic) bond motifs is 1. The second kappa shape index (κ2) is 8.20. The van der Waals surface area contributed by atoms with Crippen molar-refractivity contribution in [1.82, 2.24) is 29.4 Å². The summed E-state index contributed by atoms with van der Waals surface area (Å²) in [7, 11) is 4.30. The lowest BCUT2D eigenvalue weighted by Crippen LogP contribution is -2.41. The molecule has 1 saturated heterocycles. The molecule has 8 heteroatoms. The molecule has 0 amide bonds. The van der Waals surface area contributed by atoms with Crippen LogP contribution in [0.4, 0.5) is 5.69 Å². The van der Waals surface area contributed by atoms with Gasteiger partial charge in [-0.05, 0) is 64.2 Å². The van der Waals surface area contributed by atoms with Gasteiger partial charge < -0.3 is 14.8 Å². The molecule has 0 spiro atoms. The largest absolute Gasteiger partial charge is 0.371 e. The summed E-state index contributed by atoms with van der Waals surface area (Å²) < 4.78 is 1.85. The predicted molar refractivity (Wildman–Crippen MR) is 125 cm³/mol. The highest BCUT2D eigenvalue weighted by molar-refractivity contribution is 6.08. The fourth-order valence-corrected chi connectivity index (χ4v) is 4.37. The van der Waals surface area contributed by atoms with Crippen molar-refractivity contribution in [3.05, 3.63) is 66.1 Å². The predicted octanol–water partition coefficient (Wildman–Crippen LogP) is 3.21. The van der Waals surface area contributed by atoms with Gasteiger partial charge in [-0.3, -0.25) is 9.36 Å². The first kappa shape index (κ1) is 20.4. The van der Waals surface area contributed by atoms with Crippen molar-refractivity contribution in [2.45, 2.75) is 25.8 Å². The Labute approximate surface area is 186 Å². The van der Waals surface area contributed by atoms with Gasteiger partial charge in [0, 0.05) is 48.5 Å². The average Bonchev–Trinajstić information content (AvgIpc) is 3.44. The summed E-state index contributed by atoms with van der Waals surface area (Å²) in [6.45, 7) is 4.01. The minimum Gasteiger partial charge on any atom is -0.371 e. The zero-order valence-corrected chi connectivity index (χ0v) is 18.6. The van der Waals surface area contributed by atoms with Crippen molar-refractivity contribution in [2.24, 2.45) is 0 Å². The summed E-state index contributed by atoms with van der Waals surface area (Å²) >= 11 is 0. The number of aryl methyl sites for hydroxylation is 1. The highest BCUT2D eigenvalue weighted by Crippen LogP contribution is 2.25. The molecule has 1 aromatic carbocycles. The molecule has 4 heterocycles. The number of anilines is 1. The van der Waals surface area contributed by atoms with Crippen molar-refractivity contribution in [3.8, 4) is 5.82 Å². The number of ketones is 1. The van der Waals surface area contributed by atoms with E-state index in [0.29, 0.717) is 23.2 Å². The first-order valence-corrected chi connectivity index (χ1v) is 10.9. The van der Waals surface area contributed by atoms with Crippen LogP contribution in [0.1, 0.15) is 34.7 Å². The van der Waals surface area contributed by atoms with Crippen molar-refractivity contribution >= 4 is 22.5 Å².